The Balaban J connectivity index is 3.17. The summed E-state index contributed by atoms with van der Waals surface area (Å²) < 4.78 is 12.8. The van der Waals surface area contributed by atoms with Gasteiger partial charge in [0.15, 0.2) is 0 Å². The van der Waals surface area contributed by atoms with Crippen molar-refractivity contribution in [3.63, 3.8) is 0 Å². The number of benzene rings is 1. The van der Waals surface area contributed by atoms with Gasteiger partial charge in [0.1, 0.15) is 7.14 Å². The third kappa shape index (κ3) is 2.45. The Bertz CT molecular complexity index is 386. The van der Waals surface area contributed by atoms with Crippen LogP contribution in [0.2, 0.25) is 0 Å². The Morgan fingerprint density at radius 2 is 1.88 bits per heavy atom. The van der Waals surface area contributed by atoms with Crippen molar-refractivity contribution in [1.82, 2.24) is 5.32 Å². The van der Waals surface area contributed by atoms with Crippen LogP contribution in [0, 0.1) is 0 Å². The van der Waals surface area contributed by atoms with Crippen LogP contribution in [0.25, 0.3) is 0 Å². The van der Waals surface area contributed by atoms with E-state index in [1.54, 1.807) is 5.82 Å². The summed E-state index contributed by atoms with van der Waals surface area (Å²) in [4.78, 5) is 0. The molecule has 0 saturated heterocycles. The van der Waals surface area contributed by atoms with E-state index in [9.17, 15) is 4.57 Å². The largest absolute Gasteiger partial charge is 0.317 e. The van der Waals surface area contributed by atoms with Crippen LogP contribution in [-0.4, -0.2) is 12.7 Å². The van der Waals surface area contributed by atoms with Gasteiger partial charge in [0, 0.05) is 5.66 Å². The standard InChI is InChI=1S/C13H20NOP/c1-5-16(15,11(2)3)13(14-4)12-9-7-6-8-10-12/h5-11,13-14H,1H2,2-4H3. The third-order valence-electron chi connectivity index (χ3n) is 2.88. The van der Waals surface area contributed by atoms with Crippen LogP contribution in [0.5, 0.6) is 0 Å². The van der Waals surface area contributed by atoms with E-state index < -0.39 is 7.14 Å². The zero-order valence-electron chi connectivity index (χ0n) is 10.2. The number of nitrogens with one attached hydrogen (secondary N) is 1. The molecule has 0 aromatic heterocycles. The highest BCUT2D eigenvalue weighted by Gasteiger charge is 2.33. The lowest BCUT2D eigenvalue weighted by atomic mass is 10.2. The first-order valence-corrected chi connectivity index (χ1v) is 7.42. The van der Waals surface area contributed by atoms with Crippen LogP contribution >= 0.6 is 7.14 Å². The molecule has 0 amide bonds. The van der Waals surface area contributed by atoms with Crippen molar-refractivity contribution < 1.29 is 4.57 Å². The summed E-state index contributed by atoms with van der Waals surface area (Å²) in [6.45, 7) is 7.71. The highest BCUT2D eigenvalue weighted by molar-refractivity contribution is 7.68. The first-order valence-electron chi connectivity index (χ1n) is 5.51. The zero-order valence-corrected chi connectivity index (χ0v) is 11.1. The molecule has 3 heteroatoms. The average molecular weight is 237 g/mol. The van der Waals surface area contributed by atoms with Gasteiger partial charge < -0.3 is 9.88 Å². The quantitative estimate of drug-likeness (QED) is 0.789. The summed E-state index contributed by atoms with van der Waals surface area (Å²) >= 11 is 0. The van der Waals surface area contributed by atoms with Gasteiger partial charge in [-0.15, -0.1) is 0 Å². The molecule has 0 fully saturated rings. The molecular weight excluding hydrogens is 217 g/mol. The summed E-state index contributed by atoms with van der Waals surface area (Å²) in [5, 5.41) is 3.16. The molecule has 88 valence electrons. The first-order chi connectivity index (χ1) is 7.56. The maximum atomic E-state index is 12.8. The fourth-order valence-corrected chi connectivity index (χ4v) is 4.12. The summed E-state index contributed by atoms with van der Waals surface area (Å²) in [5.74, 6) is 1.50. The first kappa shape index (κ1) is 13.2. The predicted molar refractivity (Wildman–Crippen MR) is 71.2 cm³/mol. The minimum Gasteiger partial charge on any atom is -0.317 e. The molecule has 16 heavy (non-hydrogen) atoms. The molecule has 1 aromatic rings. The molecule has 0 aliphatic carbocycles. The van der Waals surface area contributed by atoms with Crippen molar-refractivity contribution in [2.45, 2.75) is 25.3 Å². The van der Waals surface area contributed by atoms with Gasteiger partial charge in [-0.25, -0.2) is 0 Å². The van der Waals surface area contributed by atoms with Gasteiger partial charge in [0.2, 0.25) is 0 Å². The Morgan fingerprint density at radius 1 is 1.31 bits per heavy atom. The molecule has 2 unspecified atom stereocenters. The Kier molecular flexibility index (Phi) is 4.52. The lowest BCUT2D eigenvalue weighted by molar-refractivity contribution is 0.556. The van der Waals surface area contributed by atoms with E-state index >= 15 is 0 Å². The van der Waals surface area contributed by atoms with E-state index in [1.807, 2.05) is 51.2 Å². The second-order valence-electron chi connectivity index (χ2n) is 4.14. The molecule has 0 heterocycles. The smallest absolute Gasteiger partial charge is 0.130 e. The van der Waals surface area contributed by atoms with E-state index in [1.165, 1.54) is 0 Å². The molecule has 0 bridgehead atoms. The van der Waals surface area contributed by atoms with Crippen molar-refractivity contribution in [2.75, 3.05) is 7.05 Å². The Hall–Kier alpha value is -0.850. The van der Waals surface area contributed by atoms with Crippen molar-refractivity contribution >= 4 is 7.14 Å². The molecule has 2 nitrogen and oxygen atoms in total. The Labute approximate surface area is 98.1 Å². The summed E-state index contributed by atoms with van der Waals surface area (Å²) in [5.41, 5.74) is 1.16. The summed E-state index contributed by atoms with van der Waals surface area (Å²) in [7, 11) is -0.608. The van der Waals surface area contributed by atoms with Gasteiger partial charge in [-0.2, -0.15) is 0 Å². The fraction of sp³-hybridized carbons (Fsp3) is 0.385. The third-order valence-corrected chi connectivity index (χ3v) is 6.43. The normalized spacial score (nSPS) is 16.8. The number of hydrogen-bond donors (Lipinski definition) is 1. The lowest BCUT2D eigenvalue weighted by Gasteiger charge is -2.28. The summed E-state index contributed by atoms with van der Waals surface area (Å²) in [6.07, 6.45) is 0. The van der Waals surface area contributed by atoms with Crippen LogP contribution in [-0.2, 0) is 4.57 Å². The highest BCUT2D eigenvalue weighted by atomic mass is 31.2. The molecule has 0 radical (unpaired) electrons. The van der Waals surface area contributed by atoms with Gasteiger partial charge in [-0.3, -0.25) is 0 Å². The molecule has 2 atom stereocenters. The Morgan fingerprint density at radius 3 is 2.25 bits per heavy atom. The van der Waals surface area contributed by atoms with Crippen LogP contribution in [0.15, 0.2) is 42.7 Å². The molecular formula is C13H20NOP. The second kappa shape index (κ2) is 5.47. The van der Waals surface area contributed by atoms with Crippen molar-refractivity contribution in [1.29, 1.82) is 0 Å². The number of hydrogen-bond acceptors (Lipinski definition) is 2. The second-order valence-corrected chi connectivity index (χ2v) is 7.58. The molecule has 0 saturated carbocycles. The van der Waals surface area contributed by atoms with Crippen molar-refractivity contribution in [2.24, 2.45) is 0 Å². The molecule has 0 spiro atoms. The lowest BCUT2D eigenvalue weighted by Crippen LogP contribution is -2.19. The van der Waals surface area contributed by atoms with Crippen LogP contribution in [0.3, 0.4) is 0 Å². The van der Waals surface area contributed by atoms with E-state index in [-0.39, 0.29) is 11.4 Å². The predicted octanol–water partition coefficient (Wildman–Crippen LogP) is 3.82. The van der Waals surface area contributed by atoms with E-state index in [2.05, 4.69) is 11.9 Å². The molecule has 1 rings (SSSR count). The van der Waals surface area contributed by atoms with Crippen LogP contribution in [0.1, 0.15) is 25.2 Å². The highest BCUT2D eigenvalue weighted by Crippen LogP contribution is 2.61. The van der Waals surface area contributed by atoms with Gasteiger partial charge in [-0.1, -0.05) is 50.8 Å². The van der Waals surface area contributed by atoms with Crippen LogP contribution < -0.4 is 5.32 Å². The van der Waals surface area contributed by atoms with Gasteiger partial charge in [-0.05, 0) is 18.4 Å². The van der Waals surface area contributed by atoms with Gasteiger partial charge in [0.25, 0.3) is 0 Å². The van der Waals surface area contributed by atoms with Crippen molar-refractivity contribution in [3.05, 3.63) is 48.3 Å². The zero-order chi connectivity index (χ0) is 12.2. The average Bonchev–Trinajstić information content (AvgIpc) is 2.30. The van der Waals surface area contributed by atoms with Gasteiger partial charge >= 0.3 is 0 Å². The maximum absolute atomic E-state index is 12.8. The van der Waals surface area contributed by atoms with E-state index in [0.29, 0.717) is 0 Å². The van der Waals surface area contributed by atoms with E-state index in [0.717, 1.165) is 5.56 Å². The minimum absolute atomic E-state index is 0.0997. The SMILES string of the molecule is C=CP(=O)(C(C)C)C(NC)c1ccccc1. The maximum Gasteiger partial charge on any atom is 0.130 e. The minimum atomic E-state index is -2.45. The van der Waals surface area contributed by atoms with Crippen LogP contribution in [0.4, 0.5) is 0 Å². The number of rotatable bonds is 5. The topological polar surface area (TPSA) is 29.1 Å². The van der Waals surface area contributed by atoms with E-state index in [4.69, 9.17) is 0 Å². The van der Waals surface area contributed by atoms with Crippen molar-refractivity contribution in [3.8, 4) is 0 Å². The molecule has 1 N–H and O–H groups in total. The monoisotopic (exact) mass is 237 g/mol. The van der Waals surface area contributed by atoms with Gasteiger partial charge in [0.05, 0.1) is 5.78 Å². The summed E-state index contributed by atoms with van der Waals surface area (Å²) in [6, 6.07) is 9.89. The molecule has 1 aromatic carbocycles. The molecule has 0 aliphatic heterocycles. The fourth-order valence-electron chi connectivity index (χ4n) is 1.85. The molecule has 0 aliphatic rings.